The van der Waals surface area contributed by atoms with Crippen LogP contribution in [-0.2, 0) is 0 Å². The first-order valence-electron chi connectivity index (χ1n) is 6.95. The summed E-state index contributed by atoms with van der Waals surface area (Å²) < 4.78 is 16.2. The van der Waals surface area contributed by atoms with Gasteiger partial charge in [-0.15, -0.1) is 10.2 Å². The summed E-state index contributed by atoms with van der Waals surface area (Å²) >= 11 is 7.19. The Morgan fingerprint density at radius 2 is 1.96 bits per heavy atom. The quantitative estimate of drug-likeness (QED) is 0.493. The van der Waals surface area contributed by atoms with Crippen molar-refractivity contribution in [3.8, 4) is 23.0 Å². The normalized spacial score (nSPS) is 12.4. The van der Waals surface area contributed by atoms with Crippen molar-refractivity contribution in [3.63, 3.8) is 0 Å². The third-order valence-corrected chi connectivity index (χ3v) is 4.69. The summed E-state index contributed by atoms with van der Waals surface area (Å²) in [6.45, 7) is 0.183. The van der Waals surface area contributed by atoms with Gasteiger partial charge < -0.3 is 13.9 Å². The molecular formula is C15H8ClN3O5S. The minimum atomic E-state index is -0.509. The van der Waals surface area contributed by atoms with Gasteiger partial charge in [0.1, 0.15) is 0 Å². The molecule has 0 spiro atoms. The van der Waals surface area contributed by atoms with Crippen molar-refractivity contribution in [3.05, 3.63) is 51.5 Å². The average Bonchev–Trinajstić information content (AvgIpc) is 3.24. The number of nitrogens with zero attached hydrogens (tertiary/aromatic N) is 3. The Hall–Kier alpha value is -2.78. The first-order chi connectivity index (χ1) is 12.1. The molecule has 0 aliphatic carbocycles. The number of aromatic nitrogens is 2. The lowest BCUT2D eigenvalue weighted by atomic mass is 10.2. The SMILES string of the molecule is O=[N+]([O-])c1ccc(Sc2nnc(-c3ccc4c(c3)OCO4)o2)c(Cl)c1. The van der Waals surface area contributed by atoms with Crippen molar-refractivity contribution in [2.45, 2.75) is 10.1 Å². The fourth-order valence-electron chi connectivity index (χ4n) is 2.18. The van der Waals surface area contributed by atoms with Crippen LogP contribution in [0.5, 0.6) is 11.5 Å². The number of non-ortho nitro benzene ring substituents is 1. The van der Waals surface area contributed by atoms with Crippen molar-refractivity contribution in [2.75, 3.05) is 6.79 Å². The molecule has 0 bridgehead atoms. The molecule has 2 heterocycles. The molecule has 0 N–H and O–H groups in total. The smallest absolute Gasteiger partial charge is 0.281 e. The number of nitro benzene ring substituents is 1. The van der Waals surface area contributed by atoms with E-state index in [2.05, 4.69) is 10.2 Å². The average molecular weight is 378 g/mol. The van der Waals surface area contributed by atoms with Gasteiger partial charge in [-0.05, 0) is 36.0 Å². The standard InChI is InChI=1S/C15H8ClN3O5S/c16-10-6-9(19(20)21)2-4-13(10)25-15-18-17-14(24-15)8-1-3-11-12(5-8)23-7-22-11/h1-6H,7H2. The highest BCUT2D eigenvalue weighted by atomic mass is 35.5. The van der Waals surface area contributed by atoms with Crippen LogP contribution < -0.4 is 9.47 Å². The maximum atomic E-state index is 10.7. The molecule has 0 saturated heterocycles. The Balaban J connectivity index is 1.57. The number of hydrogen-bond donors (Lipinski definition) is 0. The van der Waals surface area contributed by atoms with Gasteiger partial charge in [0.15, 0.2) is 11.5 Å². The van der Waals surface area contributed by atoms with Crippen LogP contribution in [0.4, 0.5) is 5.69 Å². The lowest BCUT2D eigenvalue weighted by molar-refractivity contribution is -0.384. The minimum absolute atomic E-state index is 0.0825. The van der Waals surface area contributed by atoms with Crippen LogP contribution in [0.3, 0.4) is 0 Å². The zero-order valence-electron chi connectivity index (χ0n) is 12.3. The van der Waals surface area contributed by atoms with E-state index < -0.39 is 4.92 Å². The number of benzene rings is 2. The van der Waals surface area contributed by atoms with Gasteiger partial charge in [0, 0.05) is 22.6 Å². The van der Waals surface area contributed by atoms with E-state index in [1.165, 1.54) is 18.2 Å². The molecule has 0 atom stereocenters. The highest BCUT2D eigenvalue weighted by Gasteiger charge is 2.18. The Labute approximate surface area is 149 Å². The molecule has 0 saturated carbocycles. The van der Waals surface area contributed by atoms with Crippen molar-refractivity contribution in [1.82, 2.24) is 10.2 Å². The highest BCUT2D eigenvalue weighted by molar-refractivity contribution is 7.99. The van der Waals surface area contributed by atoms with Crippen LogP contribution in [0.2, 0.25) is 5.02 Å². The van der Waals surface area contributed by atoms with Crippen molar-refractivity contribution >= 4 is 29.1 Å². The number of rotatable bonds is 4. The van der Waals surface area contributed by atoms with E-state index >= 15 is 0 Å². The van der Waals surface area contributed by atoms with E-state index in [1.54, 1.807) is 18.2 Å². The number of nitro groups is 1. The summed E-state index contributed by atoms with van der Waals surface area (Å²) in [6.07, 6.45) is 0. The molecule has 25 heavy (non-hydrogen) atoms. The van der Waals surface area contributed by atoms with Crippen LogP contribution >= 0.6 is 23.4 Å². The lowest BCUT2D eigenvalue weighted by Crippen LogP contribution is -1.92. The molecular weight excluding hydrogens is 370 g/mol. The predicted octanol–water partition coefficient (Wildman–Crippen LogP) is 4.18. The topological polar surface area (TPSA) is 101 Å². The van der Waals surface area contributed by atoms with Gasteiger partial charge in [0.2, 0.25) is 12.7 Å². The maximum Gasteiger partial charge on any atom is 0.281 e. The van der Waals surface area contributed by atoms with Crippen molar-refractivity contribution in [2.24, 2.45) is 0 Å². The molecule has 0 unspecified atom stereocenters. The number of hydrogen-bond acceptors (Lipinski definition) is 8. The number of ether oxygens (including phenoxy) is 2. The third kappa shape index (κ3) is 3.11. The predicted molar refractivity (Wildman–Crippen MR) is 88.1 cm³/mol. The second kappa shape index (κ2) is 6.26. The van der Waals surface area contributed by atoms with E-state index in [9.17, 15) is 10.1 Å². The van der Waals surface area contributed by atoms with Crippen LogP contribution in [-0.4, -0.2) is 21.9 Å². The Morgan fingerprint density at radius 1 is 1.12 bits per heavy atom. The molecule has 4 rings (SSSR count). The van der Waals surface area contributed by atoms with E-state index in [1.807, 2.05) is 0 Å². The summed E-state index contributed by atoms with van der Waals surface area (Å²) in [6, 6.07) is 9.48. The number of halogens is 1. The molecule has 0 radical (unpaired) electrons. The summed E-state index contributed by atoms with van der Waals surface area (Å²) in [5.74, 6) is 1.60. The molecule has 10 heteroatoms. The highest BCUT2D eigenvalue weighted by Crippen LogP contribution is 2.38. The molecule has 3 aromatic rings. The van der Waals surface area contributed by atoms with Crippen LogP contribution in [0, 0.1) is 10.1 Å². The van der Waals surface area contributed by atoms with E-state index in [0.29, 0.717) is 27.8 Å². The summed E-state index contributed by atoms with van der Waals surface area (Å²) in [4.78, 5) is 10.8. The first kappa shape index (κ1) is 15.7. The summed E-state index contributed by atoms with van der Waals surface area (Å²) in [5, 5.41) is 19.2. The van der Waals surface area contributed by atoms with Gasteiger partial charge in [0.05, 0.1) is 9.95 Å². The van der Waals surface area contributed by atoms with Crippen LogP contribution in [0.1, 0.15) is 0 Å². The Morgan fingerprint density at radius 3 is 2.76 bits per heavy atom. The van der Waals surface area contributed by atoms with E-state index in [4.69, 9.17) is 25.5 Å². The van der Waals surface area contributed by atoms with Gasteiger partial charge in [-0.25, -0.2) is 0 Å². The molecule has 2 aromatic carbocycles. The van der Waals surface area contributed by atoms with Crippen LogP contribution in [0.15, 0.2) is 50.9 Å². The molecule has 0 amide bonds. The van der Waals surface area contributed by atoms with Crippen molar-refractivity contribution < 1.29 is 18.8 Å². The molecule has 1 aromatic heterocycles. The van der Waals surface area contributed by atoms with Gasteiger partial charge in [0.25, 0.3) is 10.9 Å². The third-order valence-electron chi connectivity index (χ3n) is 3.35. The largest absolute Gasteiger partial charge is 0.454 e. The fraction of sp³-hybridized carbons (Fsp3) is 0.0667. The summed E-state index contributed by atoms with van der Waals surface area (Å²) in [7, 11) is 0. The fourth-order valence-corrected chi connectivity index (χ4v) is 3.15. The summed E-state index contributed by atoms with van der Waals surface area (Å²) in [5.41, 5.74) is 0.610. The molecule has 0 fully saturated rings. The number of fused-ring (bicyclic) bond motifs is 1. The minimum Gasteiger partial charge on any atom is -0.454 e. The molecule has 8 nitrogen and oxygen atoms in total. The molecule has 126 valence electrons. The maximum absolute atomic E-state index is 10.7. The first-order valence-corrected chi connectivity index (χ1v) is 8.15. The van der Waals surface area contributed by atoms with Crippen molar-refractivity contribution in [1.29, 1.82) is 0 Å². The second-order valence-corrected chi connectivity index (χ2v) is 6.32. The van der Waals surface area contributed by atoms with Crippen LogP contribution in [0.25, 0.3) is 11.5 Å². The molecule has 1 aliphatic rings. The second-order valence-electron chi connectivity index (χ2n) is 4.92. The zero-order valence-corrected chi connectivity index (χ0v) is 13.9. The monoisotopic (exact) mass is 377 g/mol. The van der Waals surface area contributed by atoms with Gasteiger partial charge in [-0.1, -0.05) is 11.6 Å². The zero-order chi connectivity index (χ0) is 17.4. The van der Waals surface area contributed by atoms with Gasteiger partial charge >= 0.3 is 0 Å². The van der Waals surface area contributed by atoms with Gasteiger partial charge in [-0.3, -0.25) is 10.1 Å². The lowest BCUT2D eigenvalue weighted by Gasteiger charge is -2.00. The Kier molecular flexibility index (Phi) is 3.94. The Bertz CT molecular complexity index is 978. The van der Waals surface area contributed by atoms with E-state index in [0.717, 1.165) is 11.8 Å². The molecule has 1 aliphatic heterocycles. The van der Waals surface area contributed by atoms with E-state index in [-0.39, 0.29) is 22.7 Å². The van der Waals surface area contributed by atoms with Gasteiger partial charge in [-0.2, -0.15) is 0 Å².